The Hall–Kier alpha value is -2.34. The van der Waals surface area contributed by atoms with Gasteiger partial charge in [-0.25, -0.2) is 9.78 Å². The summed E-state index contributed by atoms with van der Waals surface area (Å²) in [5.74, 6) is 0. The summed E-state index contributed by atoms with van der Waals surface area (Å²) in [4.78, 5) is 17.7. The minimum absolute atomic E-state index is 0.0325. The molecule has 0 fully saturated rings. The first-order valence-electron chi connectivity index (χ1n) is 7.40. The largest absolute Gasteiger partial charge is 0.395 e. The molecule has 0 aliphatic carbocycles. The zero-order chi connectivity index (χ0) is 15.9. The van der Waals surface area contributed by atoms with Crippen molar-refractivity contribution in [2.45, 2.75) is 19.9 Å². The monoisotopic (exact) mass is 302 g/mol. The lowest BCUT2D eigenvalue weighted by atomic mass is 10.1. The smallest absolute Gasteiger partial charge is 0.317 e. The van der Waals surface area contributed by atoms with Crippen LogP contribution in [0, 0.1) is 0 Å². The second-order valence-corrected chi connectivity index (χ2v) is 5.04. The number of aliphatic hydroxyl groups is 1. The predicted molar refractivity (Wildman–Crippen MR) is 84.8 cm³/mol. The number of likely N-dealkylation sites (N-methyl/N-ethyl adjacent to an activating group) is 1. The summed E-state index contributed by atoms with van der Waals surface area (Å²) < 4.78 is 1.92. The summed E-state index contributed by atoms with van der Waals surface area (Å²) in [6.45, 7) is 4.71. The van der Waals surface area contributed by atoms with Crippen LogP contribution < -0.4 is 5.32 Å². The summed E-state index contributed by atoms with van der Waals surface area (Å²) in [5.41, 5.74) is 2.05. The molecule has 0 radical (unpaired) electrons. The number of benzene rings is 1. The highest BCUT2D eigenvalue weighted by atomic mass is 16.3. The molecular formula is C16H22N4O2. The molecule has 2 aromatic rings. The van der Waals surface area contributed by atoms with Crippen molar-refractivity contribution >= 4 is 6.03 Å². The average Bonchev–Trinajstić information content (AvgIpc) is 3.07. The van der Waals surface area contributed by atoms with Crippen LogP contribution in [0.1, 0.15) is 25.5 Å². The van der Waals surface area contributed by atoms with Gasteiger partial charge in [0, 0.05) is 31.2 Å². The van der Waals surface area contributed by atoms with Gasteiger partial charge >= 0.3 is 6.03 Å². The van der Waals surface area contributed by atoms with Crippen molar-refractivity contribution < 1.29 is 9.90 Å². The summed E-state index contributed by atoms with van der Waals surface area (Å²) in [6, 6.07) is 7.70. The number of rotatable bonds is 6. The zero-order valence-electron chi connectivity index (χ0n) is 12.9. The highest BCUT2D eigenvalue weighted by Gasteiger charge is 2.14. The average molecular weight is 302 g/mol. The van der Waals surface area contributed by atoms with Gasteiger partial charge < -0.3 is 19.9 Å². The molecule has 0 spiro atoms. The van der Waals surface area contributed by atoms with Gasteiger partial charge in [-0.3, -0.25) is 0 Å². The molecule has 1 heterocycles. The van der Waals surface area contributed by atoms with E-state index in [2.05, 4.69) is 10.3 Å². The summed E-state index contributed by atoms with van der Waals surface area (Å²) in [7, 11) is 0. The van der Waals surface area contributed by atoms with Crippen LogP contribution in [0.15, 0.2) is 43.0 Å². The number of nitrogens with zero attached hydrogens (tertiary/aromatic N) is 3. The number of hydrogen-bond acceptors (Lipinski definition) is 3. The number of carbonyl (C=O) groups excluding carboxylic acids is 1. The van der Waals surface area contributed by atoms with Gasteiger partial charge in [-0.2, -0.15) is 0 Å². The third-order valence-corrected chi connectivity index (χ3v) is 3.57. The first-order valence-corrected chi connectivity index (χ1v) is 7.40. The fourth-order valence-electron chi connectivity index (χ4n) is 2.23. The number of carbonyl (C=O) groups is 1. The van der Waals surface area contributed by atoms with Crippen LogP contribution in [0.5, 0.6) is 0 Å². The first-order chi connectivity index (χ1) is 10.7. The highest BCUT2D eigenvalue weighted by Crippen LogP contribution is 2.16. The van der Waals surface area contributed by atoms with Crippen LogP contribution in [0.3, 0.4) is 0 Å². The molecule has 2 amide bonds. The van der Waals surface area contributed by atoms with E-state index in [0.717, 1.165) is 11.3 Å². The second-order valence-electron chi connectivity index (χ2n) is 5.04. The Bertz CT molecular complexity index is 581. The maximum absolute atomic E-state index is 12.1. The molecule has 0 saturated carbocycles. The Morgan fingerprint density at radius 3 is 2.68 bits per heavy atom. The summed E-state index contributed by atoms with van der Waals surface area (Å²) >= 11 is 0. The normalized spacial score (nSPS) is 12.0. The Kier molecular flexibility index (Phi) is 5.55. The highest BCUT2D eigenvalue weighted by molar-refractivity contribution is 5.74. The van der Waals surface area contributed by atoms with Crippen LogP contribution in [-0.4, -0.2) is 45.3 Å². The van der Waals surface area contributed by atoms with Crippen LogP contribution in [0.4, 0.5) is 4.79 Å². The molecule has 22 heavy (non-hydrogen) atoms. The van der Waals surface area contributed by atoms with Gasteiger partial charge in [-0.05, 0) is 31.5 Å². The maximum Gasteiger partial charge on any atom is 0.317 e. The van der Waals surface area contributed by atoms with Crippen molar-refractivity contribution in [1.82, 2.24) is 19.8 Å². The van der Waals surface area contributed by atoms with Gasteiger partial charge in [0.15, 0.2) is 0 Å². The van der Waals surface area contributed by atoms with E-state index in [0.29, 0.717) is 13.1 Å². The van der Waals surface area contributed by atoms with Crippen molar-refractivity contribution in [3.63, 3.8) is 0 Å². The minimum atomic E-state index is -0.164. The van der Waals surface area contributed by atoms with E-state index in [1.165, 1.54) is 0 Å². The van der Waals surface area contributed by atoms with E-state index < -0.39 is 0 Å². The van der Waals surface area contributed by atoms with Crippen LogP contribution in [-0.2, 0) is 0 Å². The Morgan fingerprint density at radius 2 is 2.14 bits per heavy atom. The van der Waals surface area contributed by atoms with E-state index in [9.17, 15) is 4.79 Å². The van der Waals surface area contributed by atoms with Gasteiger partial charge in [0.2, 0.25) is 0 Å². The van der Waals surface area contributed by atoms with Gasteiger partial charge in [-0.15, -0.1) is 0 Å². The summed E-state index contributed by atoms with van der Waals surface area (Å²) in [6.07, 6.45) is 5.36. The number of nitrogens with one attached hydrogen (secondary N) is 1. The number of amides is 2. The molecule has 1 aromatic heterocycles. The number of aromatic nitrogens is 2. The first kappa shape index (κ1) is 16.0. The predicted octanol–water partition coefficient (Wildman–Crippen LogP) is 1.96. The van der Waals surface area contributed by atoms with Crippen molar-refractivity contribution in [2.75, 3.05) is 19.7 Å². The molecule has 6 nitrogen and oxygen atoms in total. The van der Waals surface area contributed by atoms with E-state index in [-0.39, 0.29) is 18.7 Å². The number of aliphatic hydroxyl groups excluding tert-OH is 1. The SMILES string of the molecule is CCN(CCO)C(=O)NC(C)c1ccc(-n2ccnc2)cc1. The van der Waals surface area contributed by atoms with Gasteiger partial charge in [0.25, 0.3) is 0 Å². The molecule has 0 aliphatic rings. The molecule has 2 rings (SSSR count). The fourth-order valence-corrected chi connectivity index (χ4v) is 2.23. The molecule has 0 aliphatic heterocycles. The summed E-state index contributed by atoms with van der Waals surface area (Å²) in [5, 5.41) is 11.9. The maximum atomic E-state index is 12.1. The van der Waals surface area contributed by atoms with E-state index in [1.54, 1.807) is 17.4 Å². The molecule has 0 saturated heterocycles. The molecule has 1 atom stereocenters. The van der Waals surface area contributed by atoms with E-state index in [1.807, 2.05) is 48.9 Å². The van der Waals surface area contributed by atoms with E-state index >= 15 is 0 Å². The van der Waals surface area contributed by atoms with Crippen molar-refractivity contribution in [2.24, 2.45) is 0 Å². The third kappa shape index (κ3) is 3.85. The van der Waals surface area contributed by atoms with Gasteiger partial charge in [0.1, 0.15) is 0 Å². The van der Waals surface area contributed by atoms with Crippen molar-refractivity contribution in [3.8, 4) is 5.69 Å². The van der Waals surface area contributed by atoms with Crippen LogP contribution in [0.2, 0.25) is 0 Å². The topological polar surface area (TPSA) is 70.4 Å². The molecule has 0 bridgehead atoms. The van der Waals surface area contributed by atoms with Crippen LogP contribution in [0.25, 0.3) is 5.69 Å². The molecule has 1 aromatic carbocycles. The minimum Gasteiger partial charge on any atom is -0.395 e. The molecule has 1 unspecified atom stereocenters. The Labute approximate surface area is 130 Å². The molecule has 2 N–H and O–H groups in total. The Morgan fingerprint density at radius 1 is 1.41 bits per heavy atom. The van der Waals surface area contributed by atoms with Crippen LogP contribution >= 0.6 is 0 Å². The molecule has 6 heteroatoms. The second kappa shape index (κ2) is 7.61. The number of imidazole rings is 1. The van der Waals surface area contributed by atoms with Gasteiger partial charge in [-0.1, -0.05) is 12.1 Å². The zero-order valence-corrected chi connectivity index (χ0v) is 12.9. The standard InChI is InChI=1S/C16H22N4O2/c1-3-19(10-11-21)16(22)18-13(2)14-4-6-15(7-5-14)20-9-8-17-12-20/h4-9,12-13,21H,3,10-11H2,1-2H3,(H,18,22). The van der Waals surface area contributed by atoms with Crippen molar-refractivity contribution in [3.05, 3.63) is 48.5 Å². The quantitative estimate of drug-likeness (QED) is 0.857. The number of hydrogen-bond donors (Lipinski definition) is 2. The lowest BCUT2D eigenvalue weighted by molar-refractivity contribution is 0.178. The molecule has 118 valence electrons. The Balaban J connectivity index is 2.00. The lowest BCUT2D eigenvalue weighted by Crippen LogP contribution is -2.42. The number of urea groups is 1. The third-order valence-electron chi connectivity index (χ3n) is 3.57. The lowest BCUT2D eigenvalue weighted by Gasteiger charge is -2.23. The van der Waals surface area contributed by atoms with E-state index in [4.69, 9.17) is 5.11 Å². The van der Waals surface area contributed by atoms with Crippen molar-refractivity contribution in [1.29, 1.82) is 0 Å². The fraction of sp³-hybridized carbons (Fsp3) is 0.375. The molecular weight excluding hydrogens is 280 g/mol. The van der Waals surface area contributed by atoms with Gasteiger partial charge in [0.05, 0.1) is 19.0 Å².